The first-order valence-electron chi connectivity index (χ1n) is 10.5. The van der Waals surface area contributed by atoms with Gasteiger partial charge >= 0.3 is 29.6 Å². The summed E-state index contributed by atoms with van der Waals surface area (Å²) in [5.41, 5.74) is 0. The molecule has 5 heteroatoms. The molecular formula is C20H41NaO3S. The van der Waals surface area contributed by atoms with E-state index in [1.165, 1.54) is 83.5 Å². The molecule has 25 heavy (non-hydrogen) atoms. The minimum Gasteiger partial charge on any atom is -0.750 e. The molecule has 0 aliphatic rings. The van der Waals surface area contributed by atoms with Crippen LogP contribution in [0.4, 0.5) is 0 Å². The van der Waals surface area contributed by atoms with Crippen molar-refractivity contribution in [3.8, 4) is 0 Å². The summed E-state index contributed by atoms with van der Waals surface area (Å²) in [7, 11) is 0. The zero-order chi connectivity index (χ0) is 17.9. The molecule has 0 rings (SSSR count). The van der Waals surface area contributed by atoms with E-state index in [2.05, 4.69) is 13.8 Å². The summed E-state index contributed by atoms with van der Waals surface area (Å²) in [4.78, 5) is 0. The van der Waals surface area contributed by atoms with E-state index in [1.807, 2.05) is 0 Å². The van der Waals surface area contributed by atoms with Crippen molar-refractivity contribution in [2.24, 2.45) is 0 Å². The van der Waals surface area contributed by atoms with Gasteiger partial charge in [-0.05, 0) is 12.8 Å². The fraction of sp³-hybridized carbons (Fsp3) is 1.00. The van der Waals surface area contributed by atoms with Gasteiger partial charge in [0.1, 0.15) is 0 Å². The Morgan fingerprint density at radius 2 is 1.00 bits per heavy atom. The Kier molecular flexibility index (Phi) is 26.1. The van der Waals surface area contributed by atoms with E-state index in [1.54, 1.807) is 0 Å². The average molecular weight is 385 g/mol. The third-order valence-corrected chi connectivity index (χ3v) is 5.15. The third kappa shape index (κ3) is 23.0. The van der Waals surface area contributed by atoms with Gasteiger partial charge in [0.15, 0.2) is 0 Å². The maximum atomic E-state index is 10.8. The molecule has 3 nitrogen and oxygen atoms in total. The summed E-state index contributed by atoms with van der Waals surface area (Å²) in [5, 5.41) is 0. The van der Waals surface area contributed by atoms with Crippen molar-refractivity contribution in [1.82, 2.24) is 0 Å². The van der Waals surface area contributed by atoms with Gasteiger partial charge in [0.2, 0.25) is 0 Å². The van der Waals surface area contributed by atoms with Crippen LogP contribution in [0.1, 0.15) is 123 Å². The van der Waals surface area contributed by atoms with Crippen LogP contribution in [0, 0.1) is 0 Å². The average Bonchev–Trinajstić information content (AvgIpc) is 2.55. The Balaban J connectivity index is 0. The molecule has 0 aliphatic carbocycles. The van der Waals surface area contributed by atoms with Crippen LogP contribution in [-0.2, 0) is 15.5 Å². The molecule has 0 heterocycles. The molecule has 0 aliphatic heterocycles. The molecule has 0 spiro atoms. The molecule has 0 aromatic rings. The molecule has 146 valence electrons. The van der Waals surface area contributed by atoms with Crippen LogP contribution < -0.4 is 29.6 Å². The Labute approximate surface area is 182 Å². The molecule has 0 aromatic heterocycles. The molecular weight excluding hydrogens is 343 g/mol. The van der Waals surface area contributed by atoms with Crippen LogP contribution in [0.25, 0.3) is 0 Å². The van der Waals surface area contributed by atoms with Gasteiger partial charge in [0.25, 0.3) is 0 Å². The summed E-state index contributed by atoms with van der Waals surface area (Å²) in [6, 6.07) is 0. The fourth-order valence-corrected chi connectivity index (χ4v) is 3.60. The van der Waals surface area contributed by atoms with Gasteiger partial charge in [-0.3, -0.25) is 4.18 Å². The summed E-state index contributed by atoms with van der Waals surface area (Å²) >= 11 is -2.37. The second-order valence-corrected chi connectivity index (χ2v) is 7.70. The van der Waals surface area contributed by atoms with Crippen LogP contribution in [0.5, 0.6) is 0 Å². The summed E-state index contributed by atoms with van der Waals surface area (Å²) in [6.07, 6.45) is 20.7. The zero-order valence-corrected chi connectivity index (χ0v) is 20.0. The van der Waals surface area contributed by atoms with E-state index in [-0.39, 0.29) is 35.7 Å². The van der Waals surface area contributed by atoms with Crippen molar-refractivity contribution < 1.29 is 42.5 Å². The minimum atomic E-state index is -2.37. The van der Waals surface area contributed by atoms with Crippen molar-refractivity contribution in [2.45, 2.75) is 129 Å². The van der Waals surface area contributed by atoms with Gasteiger partial charge in [-0.25, -0.2) is 4.21 Å². The van der Waals surface area contributed by atoms with Gasteiger partial charge in [-0.1, -0.05) is 110 Å². The normalized spacial score (nSPS) is 13.4. The van der Waals surface area contributed by atoms with Crippen molar-refractivity contribution in [1.29, 1.82) is 0 Å². The summed E-state index contributed by atoms with van der Waals surface area (Å²) in [5.74, 6) is 0. The van der Waals surface area contributed by atoms with Crippen LogP contribution in [0.3, 0.4) is 0 Å². The van der Waals surface area contributed by atoms with E-state index in [0.29, 0.717) is 0 Å². The van der Waals surface area contributed by atoms with E-state index >= 15 is 0 Å². The van der Waals surface area contributed by atoms with Gasteiger partial charge in [-0.2, -0.15) is 0 Å². The molecule has 0 amide bonds. The van der Waals surface area contributed by atoms with Crippen LogP contribution in [-0.4, -0.2) is 14.9 Å². The molecule has 0 bridgehead atoms. The van der Waals surface area contributed by atoms with Gasteiger partial charge < -0.3 is 4.55 Å². The molecule has 0 fully saturated rings. The molecule has 0 saturated heterocycles. The first kappa shape index (κ1) is 28.3. The van der Waals surface area contributed by atoms with Crippen LogP contribution >= 0.6 is 0 Å². The third-order valence-electron chi connectivity index (χ3n) is 4.72. The maximum Gasteiger partial charge on any atom is 1.00 e. The number of unbranched alkanes of at least 4 members (excludes halogenated alkanes) is 13. The standard InChI is InChI=1S/C20H42O3S.Na/c1-3-5-7-9-11-13-15-17-19-20(23-24(21)22)18-16-14-12-10-8-6-4-2;/h20H,3-19H2,1-2H3,(H,21,22);/q;+1/p-1. The van der Waals surface area contributed by atoms with Gasteiger partial charge in [0, 0.05) is 0 Å². The quantitative estimate of drug-likeness (QED) is 0.193. The number of rotatable bonds is 19. The molecule has 2 unspecified atom stereocenters. The summed E-state index contributed by atoms with van der Waals surface area (Å²) < 4.78 is 26.7. The van der Waals surface area contributed by atoms with Crippen molar-refractivity contribution >= 4 is 11.4 Å². The Bertz CT molecular complexity index is 278. The largest absolute Gasteiger partial charge is 1.00 e. The Morgan fingerprint density at radius 1 is 0.680 bits per heavy atom. The monoisotopic (exact) mass is 384 g/mol. The predicted octanol–water partition coefficient (Wildman–Crippen LogP) is 3.84. The minimum absolute atomic E-state index is 0. The van der Waals surface area contributed by atoms with Crippen molar-refractivity contribution in [2.75, 3.05) is 0 Å². The molecule has 0 N–H and O–H groups in total. The van der Waals surface area contributed by atoms with Crippen molar-refractivity contribution in [3.63, 3.8) is 0 Å². The number of hydrogen-bond donors (Lipinski definition) is 0. The Hall–Kier alpha value is 1.07. The topological polar surface area (TPSA) is 49.4 Å². The first-order valence-corrected chi connectivity index (χ1v) is 11.5. The smallest absolute Gasteiger partial charge is 0.750 e. The van der Waals surface area contributed by atoms with E-state index in [0.717, 1.165) is 25.7 Å². The fourth-order valence-electron chi connectivity index (χ4n) is 3.19. The zero-order valence-electron chi connectivity index (χ0n) is 17.2. The maximum absolute atomic E-state index is 10.8. The second-order valence-electron chi connectivity index (χ2n) is 7.10. The van der Waals surface area contributed by atoms with Crippen molar-refractivity contribution in [3.05, 3.63) is 0 Å². The molecule has 0 radical (unpaired) electrons. The second kappa shape index (κ2) is 23.1. The first-order chi connectivity index (χ1) is 11.7. The van der Waals surface area contributed by atoms with Gasteiger partial charge in [0.05, 0.1) is 17.5 Å². The van der Waals surface area contributed by atoms with Crippen LogP contribution in [0.2, 0.25) is 0 Å². The molecule has 2 atom stereocenters. The summed E-state index contributed by atoms with van der Waals surface area (Å²) in [6.45, 7) is 4.47. The van der Waals surface area contributed by atoms with E-state index in [9.17, 15) is 8.76 Å². The van der Waals surface area contributed by atoms with E-state index < -0.39 is 11.4 Å². The van der Waals surface area contributed by atoms with E-state index in [4.69, 9.17) is 4.18 Å². The molecule has 0 saturated carbocycles. The molecule has 0 aromatic carbocycles. The predicted molar refractivity (Wildman–Crippen MR) is 104 cm³/mol. The Morgan fingerprint density at radius 3 is 1.32 bits per heavy atom. The SMILES string of the molecule is CCCCCCCCCCC(CCCCCCCCC)OS(=O)[O-].[Na+]. The van der Waals surface area contributed by atoms with Crippen LogP contribution in [0.15, 0.2) is 0 Å². The number of hydrogen-bond acceptors (Lipinski definition) is 3. The van der Waals surface area contributed by atoms with Gasteiger partial charge in [-0.15, -0.1) is 0 Å².